The maximum absolute atomic E-state index is 14.3. The molecule has 4 atom stereocenters. The van der Waals surface area contributed by atoms with E-state index in [0.29, 0.717) is 51.4 Å². The molecular formula is C36H68O18P2S4. The summed E-state index contributed by atoms with van der Waals surface area (Å²) in [5.74, 6) is -1.17. The van der Waals surface area contributed by atoms with Crippen molar-refractivity contribution in [3.63, 3.8) is 0 Å². The monoisotopic (exact) mass is 978 g/mol. The van der Waals surface area contributed by atoms with Crippen LogP contribution in [0.25, 0.3) is 0 Å². The lowest BCUT2D eigenvalue weighted by atomic mass is 9.98. The molecule has 0 aromatic rings. The van der Waals surface area contributed by atoms with Gasteiger partial charge in [-0.1, -0.05) is 83.5 Å². The third-order valence-corrected chi connectivity index (χ3v) is 21.3. The molecule has 0 saturated heterocycles. The highest BCUT2D eigenvalue weighted by atomic mass is 32.2. The average Bonchev–Trinajstić information content (AvgIpc) is 3.18. The van der Waals surface area contributed by atoms with Crippen LogP contribution in [0.1, 0.15) is 168 Å². The minimum absolute atomic E-state index is 0.0534. The van der Waals surface area contributed by atoms with E-state index in [4.69, 9.17) is 34.8 Å². The SMILES string of the molecule is CC(OP(=O)(CCCCCP(=O)(OC(C)S(=O)(=O)OC1CCCCC1)OC(C)S(=O)(=O)OC1CCCCC1)OCS(=O)(=O)OC1CCCCC1)S(=O)(=O)OC1CCCCC1. The van der Waals surface area contributed by atoms with Gasteiger partial charge in [-0.05, 0) is 85.0 Å². The van der Waals surface area contributed by atoms with Crippen LogP contribution in [0.15, 0.2) is 0 Å². The maximum atomic E-state index is 14.3. The lowest BCUT2D eigenvalue weighted by Gasteiger charge is -2.28. The average molecular weight is 979 g/mol. The first-order valence-electron chi connectivity index (χ1n) is 21.7. The Bertz CT molecular complexity index is 1790. The van der Waals surface area contributed by atoms with E-state index in [1.807, 2.05) is 0 Å². The largest absolute Gasteiger partial charge is 0.333 e. The van der Waals surface area contributed by atoms with Crippen molar-refractivity contribution >= 4 is 55.7 Å². The number of unbranched alkanes of at least 4 members (excludes halogenated alkanes) is 2. The van der Waals surface area contributed by atoms with Crippen LogP contribution >= 0.6 is 15.2 Å². The lowest BCUT2D eigenvalue weighted by Crippen LogP contribution is -2.31. The first-order valence-corrected chi connectivity index (χ1v) is 31.1. The van der Waals surface area contributed by atoms with Crippen molar-refractivity contribution in [1.82, 2.24) is 0 Å². The molecule has 4 saturated carbocycles. The van der Waals surface area contributed by atoms with Crippen molar-refractivity contribution in [1.29, 1.82) is 0 Å². The standard InChI is InChI=1S/C36H68O18P2S4/c1-30(58(41,42)52-34-21-11-5-12-22-34)48-55(37,47-29-57(39,40)51-33-19-9-4-10-20-33)27-17-8-18-28-56(38,49-31(2)59(43,44)53-35-23-13-6-14-24-35)50-32(3)60(45,46)54-36-25-15-7-16-26-36/h30-36H,4-29H2,1-3H3. The van der Waals surface area contributed by atoms with Gasteiger partial charge in [-0.3, -0.25) is 44.0 Å². The zero-order chi connectivity index (χ0) is 44.1. The Kier molecular flexibility index (Phi) is 21.0. The second-order valence-corrected chi connectivity index (χ2v) is 27.8. The summed E-state index contributed by atoms with van der Waals surface area (Å²) in [5.41, 5.74) is -5.41. The Balaban J connectivity index is 1.44. The summed E-state index contributed by atoms with van der Waals surface area (Å²) in [6.07, 6.45) is 10.8. The van der Waals surface area contributed by atoms with Crippen molar-refractivity contribution in [2.75, 3.05) is 18.3 Å². The fourth-order valence-corrected chi connectivity index (χ4v) is 17.3. The quantitative estimate of drug-likeness (QED) is 0.0449. The molecule has 60 heavy (non-hydrogen) atoms. The fourth-order valence-electron chi connectivity index (χ4n) is 7.73. The summed E-state index contributed by atoms with van der Waals surface area (Å²) in [5, 5.41) is 0. The second-order valence-electron chi connectivity index (χ2n) is 16.5. The molecular weight excluding hydrogens is 911 g/mol. The van der Waals surface area contributed by atoms with Gasteiger partial charge >= 0.3 is 15.2 Å². The molecule has 0 radical (unpaired) electrons. The van der Waals surface area contributed by atoms with Gasteiger partial charge in [0, 0.05) is 0 Å². The summed E-state index contributed by atoms with van der Waals surface area (Å²) >= 11 is 0. The first-order chi connectivity index (χ1) is 28.1. The minimum Gasteiger partial charge on any atom is -0.290 e. The van der Waals surface area contributed by atoms with Crippen LogP contribution in [0.3, 0.4) is 0 Å². The summed E-state index contributed by atoms with van der Waals surface area (Å²) in [4.78, 5) is 0. The maximum Gasteiger partial charge on any atom is 0.333 e. The number of rotatable bonds is 26. The summed E-state index contributed by atoms with van der Waals surface area (Å²) in [6.45, 7) is 3.36. The molecule has 0 aliphatic heterocycles. The first kappa shape index (κ1) is 52.6. The third kappa shape index (κ3) is 18.1. The lowest BCUT2D eigenvalue weighted by molar-refractivity contribution is 0.125. The molecule has 4 rings (SSSR count). The molecule has 4 unspecified atom stereocenters. The molecule has 4 aliphatic rings. The summed E-state index contributed by atoms with van der Waals surface area (Å²) in [7, 11) is -26.8. The van der Waals surface area contributed by atoms with Crippen LogP contribution in [0.2, 0.25) is 0 Å². The molecule has 0 spiro atoms. The van der Waals surface area contributed by atoms with E-state index in [9.17, 15) is 42.8 Å². The molecule has 0 bridgehead atoms. The van der Waals surface area contributed by atoms with Crippen LogP contribution in [-0.2, 0) is 84.4 Å². The highest BCUT2D eigenvalue weighted by molar-refractivity contribution is 7.88. The van der Waals surface area contributed by atoms with Gasteiger partial charge in [0.2, 0.25) is 0 Å². The van der Waals surface area contributed by atoms with Gasteiger partial charge in [-0.15, -0.1) is 0 Å². The van der Waals surface area contributed by atoms with Gasteiger partial charge in [0.1, 0.15) is 0 Å². The zero-order valence-electron chi connectivity index (χ0n) is 35.3. The molecule has 0 heterocycles. The smallest absolute Gasteiger partial charge is 0.290 e. The van der Waals surface area contributed by atoms with Crippen LogP contribution < -0.4 is 0 Å². The second kappa shape index (κ2) is 23.9. The van der Waals surface area contributed by atoms with Crippen LogP contribution in [0.5, 0.6) is 0 Å². The van der Waals surface area contributed by atoms with Crippen LogP contribution in [0.4, 0.5) is 0 Å². The third-order valence-electron chi connectivity index (χ3n) is 11.2. The molecule has 0 amide bonds. The predicted octanol–water partition coefficient (Wildman–Crippen LogP) is 8.32. The molecule has 0 N–H and O–H groups in total. The van der Waals surface area contributed by atoms with Crippen molar-refractivity contribution in [3.05, 3.63) is 0 Å². The highest BCUT2D eigenvalue weighted by Crippen LogP contribution is 2.54. The van der Waals surface area contributed by atoms with Gasteiger partial charge in [0.05, 0.1) is 36.7 Å². The van der Waals surface area contributed by atoms with E-state index < -0.39 is 115 Å². The van der Waals surface area contributed by atoms with Gasteiger partial charge in [0.25, 0.3) is 40.5 Å². The molecule has 18 nitrogen and oxygen atoms in total. The topological polar surface area (TPSA) is 245 Å². The number of hydrogen-bond donors (Lipinski definition) is 0. The van der Waals surface area contributed by atoms with Crippen molar-refractivity contribution in [3.8, 4) is 0 Å². The van der Waals surface area contributed by atoms with E-state index in [0.717, 1.165) is 97.8 Å². The number of hydrogen-bond acceptors (Lipinski definition) is 18. The molecule has 0 aromatic heterocycles. The molecule has 4 fully saturated rings. The van der Waals surface area contributed by atoms with E-state index in [2.05, 4.69) is 0 Å². The molecule has 0 aromatic carbocycles. The molecule has 354 valence electrons. The normalized spacial score (nSPS) is 24.0. The highest BCUT2D eigenvalue weighted by Gasteiger charge is 2.41. The van der Waals surface area contributed by atoms with E-state index in [-0.39, 0.29) is 19.3 Å². The zero-order valence-corrected chi connectivity index (χ0v) is 40.4. The van der Waals surface area contributed by atoms with Gasteiger partial charge in [-0.2, -0.15) is 33.7 Å². The van der Waals surface area contributed by atoms with E-state index in [1.54, 1.807) is 0 Å². The fraction of sp³-hybridized carbons (Fsp3) is 1.00. The minimum atomic E-state index is -4.57. The molecule has 4 aliphatic carbocycles. The summed E-state index contributed by atoms with van der Waals surface area (Å²) in [6, 6.07) is 0. The summed E-state index contributed by atoms with van der Waals surface area (Å²) < 4.78 is 177. The predicted molar refractivity (Wildman–Crippen MR) is 224 cm³/mol. The Morgan fingerprint density at radius 3 is 1.03 bits per heavy atom. The van der Waals surface area contributed by atoms with Gasteiger partial charge in [0.15, 0.2) is 22.2 Å². The Morgan fingerprint density at radius 1 is 0.417 bits per heavy atom. The van der Waals surface area contributed by atoms with Crippen molar-refractivity contribution in [2.45, 2.75) is 209 Å². The van der Waals surface area contributed by atoms with E-state index in [1.165, 1.54) is 0 Å². The Hall–Kier alpha value is -0.0600. The van der Waals surface area contributed by atoms with Crippen LogP contribution in [-0.4, -0.2) is 92.7 Å². The Labute approximate surface area is 359 Å². The van der Waals surface area contributed by atoms with Crippen molar-refractivity contribution < 1.29 is 77.6 Å². The van der Waals surface area contributed by atoms with Gasteiger partial charge in [-0.25, -0.2) is 0 Å². The van der Waals surface area contributed by atoms with Crippen LogP contribution in [0, 0.1) is 0 Å². The molecule has 24 heteroatoms. The Morgan fingerprint density at radius 2 is 0.700 bits per heavy atom. The van der Waals surface area contributed by atoms with Crippen molar-refractivity contribution in [2.24, 2.45) is 0 Å². The van der Waals surface area contributed by atoms with Gasteiger partial charge < -0.3 is 0 Å². The van der Waals surface area contributed by atoms with E-state index >= 15 is 0 Å².